The lowest BCUT2D eigenvalue weighted by Gasteiger charge is -2.38. The van der Waals surface area contributed by atoms with Crippen molar-refractivity contribution in [1.82, 2.24) is 10.3 Å². The second-order valence-corrected chi connectivity index (χ2v) is 6.03. The van der Waals surface area contributed by atoms with Gasteiger partial charge in [-0.2, -0.15) is 0 Å². The average Bonchev–Trinajstić information content (AvgIpc) is 2.50. The van der Waals surface area contributed by atoms with Gasteiger partial charge in [0.1, 0.15) is 5.54 Å². The first kappa shape index (κ1) is 15.2. The molecule has 1 aromatic carbocycles. The zero-order valence-electron chi connectivity index (χ0n) is 12.9. The molecule has 1 heterocycles. The summed E-state index contributed by atoms with van der Waals surface area (Å²) < 4.78 is 0. The van der Waals surface area contributed by atoms with Gasteiger partial charge in [-0.3, -0.25) is 9.78 Å². The topological polar surface area (TPSA) is 79.3 Å². The summed E-state index contributed by atoms with van der Waals surface area (Å²) >= 11 is 0. The summed E-state index contributed by atoms with van der Waals surface area (Å²) in [5.41, 5.74) is 2.19. The van der Waals surface area contributed by atoms with Crippen LogP contribution in [0.1, 0.15) is 35.2 Å². The molecule has 0 aliphatic heterocycles. The van der Waals surface area contributed by atoms with Gasteiger partial charge in [-0.25, -0.2) is 4.79 Å². The first-order chi connectivity index (χ1) is 11.0. The Kier molecular flexibility index (Phi) is 3.86. The van der Waals surface area contributed by atoms with Gasteiger partial charge < -0.3 is 10.4 Å². The smallest absolute Gasteiger partial charge is 0.329 e. The number of carboxylic acid groups (broad SMARTS) is 1. The minimum atomic E-state index is -1.11. The van der Waals surface area contributed by atoms with E-state index in [9.17, 15) is 14.7 Å². The highest BCUT2D eigenvalue weighted by Gasteiger charge is 2.45. The van der Waals surface area contributed by atoms with Crippen LogP contribution in [0.4, 0.5) is 0 Å². The number of carbonyl (C=O) groups is 2. The molecule has 2 N–H and O–H groups in total. The van der Waals surface area contributed by atoms with Crippen LogP contribution in [0.2, 0.25) is 0 Å². The molecule has 1 aliphatic rings. The van der Waals surface area contributed by atoms with Crippen molar-refractivity contribution in [3.8, 4) is 11.1 Å². The van der Waals surface area contributed by atoms with Crippen LogP contribution < -0.4 is 5.32 Å². The average molecular weight is 310 g/mol. The Hall–Kier alpha value is -2.69. The first-order valence-corrected chi connectivity index (χ1v) is 7.58. The maximum absolute atomic E-state index is 12.4. The van der Waals surface area contributed by atoms with Crippen molar-refractivity contribution in [3.05, 3.63) is 53.9 Å². The Bertz CT molecular complexity index is 766. The molecule has 23 heavy (non-hydrogen) atoms. The number of aliphatic carboxylic acids is 1. The molecular weight excluding hydrogens is 292 g/mol. The maximum Gasteiger partial charge on any atom is 0.329 e. The van der Waals surface area contributed by atoms with Gasteiger partial charge in [-0.05, 0) is 37.8 Å². The fourth-order valence-corrected chi connectivity index (χ4v) is 2.76. The number of carbonyl (C=O) groups excluding carboxylic acids is 1. The number of nitrogens with one attached hydrogen (secondary N) is 1. The Morgan fingerprint density at radius 1 is 1.17 bits per heavy atom. The van der Waals surface area contributed by atoms with Gasteiger partial charge in [0.05, 0.1) is 5.56 Å². The number of hydrogen-bond acceptors (Lipinski definition) is 3. The standard InChI is InChI=1S/C18H18N2O3/c1-12-4-2-5-13(8-12)14-9-15(11-19-10-14)16(21)20-18(17(22)23)6-3-7-18/h2,4-5,8-11H,3,6-7H2,1H3,(H,20,21)(H,22,23). The van der Waals surface area contributed by atoms with E-state index in [-0.39, 0.29) is 0 Å². The molecule has 0 radical (unpaired) electrons. The quantitative estimate of drug-likeness (QED) is 0.910. The third kappa shape index (κ3) is 2.95. The van der Waals surface area contributed by atoms with Gasteiger partial charge in [0.25, 0.3) is 5.91 Å². The van der Waals surface area contributed by atoms with E-state index in [4.69, 9.17) is 0 Å². The third-order valence-electron chi connectivity index (χ3n) is 4.32. The molecule has 5 heteroatoms. The highest BCUT2D eigenvalue weighted by Crippen LogP contribution is 2.32. The Morgan fingerprint density at radius 3 is 2.57 bits per heavy atom. The second kappa shape index (κ2) is 5.83. The van der Waals surface area contributed by atoms with Crippen LogP contribution in [0.25, 0.3) is 11.1 Å². The first-order valence-electron chi connectivity index (χ1n) is 7.58. The van der Waals surface area contributed by atoms with E-state index in [1.165, 1.54) is 6.20 Å². The molecule has 1 aliphatic carbocycles. The van der Waals surface area contributed by atoms with Gasteiger partial charge in [-0.1, -0.05) is 29.8 Å². The lowest BCUT2D eigenvalue weighted by molar-refractivity contribution is -0.148. The van der Waals surface area contributed by atoms with Crippen LogP contribution in [-0.4, -0.2) is 27.5 Å². The molecule has 0 unspecified atom stereocenters. The normalized spacial score (nSPS) is 15.5. The number of rotatable bonds is 4. The molecule has 3 rings (SSSR count). The van der Waals surface area contributed by atoms with Crippen molar-refractivity contribution >= 4 is 11.9 Å². The van der Waals surface area contributed by atoms with Crippen molar-refractivity contribution in [2.45, 2.75) is 31.7 Å². The summed E-state index contributed by atoms with van der Waals surface area (Å²) in [7, 11) is 0. The zero-order valence-corrected chi connectivity index (χ0v) is 12.9. The monoisotopic (exact) mass is 310 g/mol. The lowest BCUT2D eigenvalue weighted by Crippen LogP contribution is -2.59. The van der Waals surface area contributed by atoms with Crippen LogP contribution in [-0.2, 0) is 4.79 Å². The number of aromatic nitrogens is 1. The summed E-state index contributed by atoms with van der Waals surface area (Å²) in [5, 5.41) is 12.0. The molecule has 0 spiro atoms. The minimum Gasteiger partial charge on any atom is -0.480 e. The zero-order chi connectivity index (χ0) is 16.4. The molecule has 5 nitrogen and oxygen atoms in total. The second-order valence-electron chi connectivity index (χ2n) is 6.03. The minimum absolute atomic E-state index is 0.372. The number of aryl methyl sites for hydroxylation is 1. The van der Waals surface area contributed by atoms with Crippen molar-refractivity contribution < 1.29 is 14.7 Å². The fraction of sp³-hybridized carbons (Fsp3) is 0.278. The summed E-state index contributed by atoms with van der Waals surface area (Å²) in [6.07, 6.45) is 4.91. The van der Waals surface area contributed by atoms with Gasteiger partial charge in [0.15, 0.2) is 0 Å². The third-order valence-corrected chi connectivity index (χ3v) is 4.32. The Balaban J connectivity index is 1.85. The molecular formula is C18H18N2O3. The van der Waals surface area contributed by atoms with Crippen molar-refractivity contribution in [1.29, 1.82) is 0 Å². The summed E-state index contributed by atoms with van der Waals surface area (Å²) in [6, 6.07) is 9.66. The van der Waals surface area contributed by atoms with Crippen molar-refractivity contribution in [2.24, 2.45) is 0 Å². The van der Waals surface area contributed by atoms with E-state index in [1.807, 2.05) is 31.2 Å². The predicted octanol–water partition coefficient (Wildman–Crippen LogP) is 2.79. The highest BCUT2D eigenvalue weighted by molar-refractivity contribution is 5.98. The van der Waals surface area contributed by atoms with E-state index in [0.29, 0.717) is 18.4 Å². The van der Waals surface area contributed by atoms with E-state index in [0.717, 1.165) is 23.1 Å². The number of carboxylic acids is 1. The lowest BCUT2D eigenvalue weighted by atomic mass is 9.76. The number of nitrogens with zero attached hydrogens (tertiary/aromatic N) is 1. The molecule has 1 fully saturated rings. The molecule has 0 atom stereocenters. The van der Waals surface area contributed by atoms with E-state index < -0.39 is 17.4 Å². The number of pyridine rings is 1. The van der Waals surface area contributed by atoms with Gasteiger partial charge in [0, 0.05) is 18.0 Å². The molecule has 1 aromatic heterocycles. The molecule has 1 amide bonds. The Morgan fingerprint density at radius 2 is 1.96 bits per heavy atom. The van der Waals surface area contributed by atoms with Crippen LogP contribution in [0.5, 0.6) is 0 Å². The molecule has 118 valence electrons. The summed E-state index contributed by atoms with van der Waals surface area (Å²) in [6.45, 7) is 2.00. The number of benzene rings is 1. The molecule has 0 bridgehead atoms. The van der Waals surface area contributed by atoms with E-state index in [2.05, 4.69) is 10.3 Å². The Labute approximate surface area is 134 Å². The largest absolute Gasteiger partial charge is 0.480 e. The maximum atomic E-state index is 12.4. The summed E-state index contributed by atoms with van der Waals surface area (Å²) in [5.74, 6) is -1.37. The number of hydrogen-bond donors (Lipinski definition) is 2. The van der Waals surface area contributed by atoms with Gasteiger partial charge >= 0.3 is 5.97 Å². The summed E-state index contributed by atoms with van der Waals surface area (Å²) in [4.78, 5) is 27.9. The van der Waals surface area contributed by atoms with E-state index >= 15 is 0 Å². The van der Waals surface area contributed by atoms with Crippen molar-refractivity contribution in [3.63, 3.8) is 0 Å². The van der Waals surface area contributed by atoms with Crippen LogP contribution in [0, 0.1) is 6.92 Å². The van der Waals surface area contributed by atoms with Crippen molar-refractivity contribution in [2.75, 3.05) is 0 Å². The van der Waals surface area contributed by atoms with Crippen LogP contribution >= 0.6 is 0 Å². The highest BCUT2D eigenvalue weighted by atomic mass is 16.4. The number of amides is 1. The van der Waals surface area contributed by atoms with Gasteiger partial charge in [-0.15, -0.1) is 0 Å². The van der Waals surface area contributed by atoms with Gasteiger partial charge in [0.2, 0.25) is 0 Å². The molecule has 2 aromatic rings. The van der Waals surface area contributed by atoms with Crippen LogP contribution in [0.15, 0.2) is 42.7 Å². The predicted molar refractivity (Wildman–Crippen MR) is 86.1 cm³/mol. The molecule has 1 saturated carbocycles. The fourth-order valence-electron chi connectivity index (χ4n) is 2.76. The van der Waals surface area contributed by atoms with E-state index in [1.54, 1.807) is 12.3 Å². The molecule has 0 saturated heterocycles. The SMILES string of the molecule is Cc1cccc(-c2cncc(C(=O)NC3(C(=O)O)CCC3)c2)c1. The van der Waals surface area contributed by atoms with Crippen LogP contribution in [0.3, 0.4) is 0 Å².